The molecule has 0 radical (unpaired) electrons. The van der Waals surface area contributed by atoms with Gasteiger partial charge in [0.05, 0.1) is 11.0 Å². The van der Waals surface area contributed by atoms with Crippen LogP contribution in [0, 0.1) is 0 Å². The van der Waals surface area contributed by atoms with Crippen LogP contribution in [-0.4, -0.2) is 9.72 Å². The van der Waals surface area contributed by atoms with E-state index in [-0.39, 0.29) is 24.0 Å². The Kier molecular flexibility index (Phi) is 3.93. The summed E-state index contributed by atoms with van der Waals surface area (Å²) in [5.74, 6) is 0.171. The average Bonchev–Trinajstić information content (AvgIpc) is 2.64. The largest absolute Gasteiger partial charge is 0.466 e. The van der Waals surface area contributed by atoms with Crippen LogP contribution in [0.2, 0.25) is 0 Å². The van der Waals surface area contributed by atoms with Gasteiger partial charge in [-0.2, -0.15) is 0 Å². The fourth-order valence-corrected chi connectivity index (χ4v) is 1.28. The van der Waals surface area contributed by atoms with Crippen LogP contribution in [0.1, 0.15) is 5.76 Å². The number of hydrogen-bond acceptors (Lipinski definition) is 4. The first kappa shape index (κ1) is 11.5. The Hall–Kier alpha value is -0.570. The molecular weight excluding hydrogens is 367 g/mol. The molecular formula is C7H6BrIN2O3. The van der Waals surface area contributed by atoms with Crippen LogP contribution in [0.25, 0.3) is 0 Å². The predicted octanol–water partition coefficient (Wildman–Crippen LogP) is 1.86. The van der Waals surface area contributed by atoms with Crippen molar-refractivity contribution < 1.29 is 8.94 Å². The quantitative estimate of drug-likeness (QED) is 0.755. The lowest BCUT2D eigenvalue weighted by Crippen LogP contribution is -2.13. The van der Waals surface area contributed by atoms with E-state index in [2.05, 4.69) is 25.6 Å². The van der Waals surface area contributed by atoms with Gasteiger partial charge >= 0.3 is 5.76 Å². The van der Waals surface area contributed by atoms with Gasteiger partial charge in [0, 0.05) is 0 Å². The Morgan fingerprint density at radius 2 is 2.36 bits per heavy atom. The molecule has 0 atom stereocenters. The number of furan rings is 1. The third-order valence-electron chi connectivity index (χ3n) is 1.50. The second kappa shape index (κ2) is 4.78. The SMILES string of the molecule is I.O=c1oncn1Cc1cc(Br)co1. The van der Waals surface area contributed by atoms with Gasteiger partial charge in [-0.15, -0.1) is 24.0 Å². The van der Waals surface area contributed by atoms with Gasteiger partial charge in [0.25, 0.3) is 0 Å². The molecule has 0 aromatic carbocycles. The molecule has 76 valence electrons. The minimum atomic E-state index is -0.493. The van der Waals surface area contributed by atoms with Crippen molar-refractivity contribution >= 4 is 39.9 Å². The summed E-state index contributed by atoms with van der Waals surface area (Å²) < 4.78 is 11.6. The van der Waals surface area contributed by atoms with E-state index >= 15 is 0 Å². The minimum Gasteiger partial charge on any atom is -0.466 e. The maximum Gasteiger partial charge on any atom is 0.441 e. The van der Waals surface area contributed by atoms with Crippen molar-refractivity contribution in [1.82, 2.24) is 9.72 Å². The topological polar surface area (TPSA) is 61.2 Å². The van der Waals surface area contributed by atoms with Crippen LogP contribution in [0.15, 0.2) is 36.9 Å². The summed E-state index contributed by atoms with van der Waals surface area (Å²) in [4.78, 5) is 10.9. The first-order valence-corrected chi connectivity index (χ1v) is 4.29. The van der Waals surface area contributed by atoms with Gasteiger partial charge in [-0.3, -0.25) is 9.09 Å². The third-order valence-corrected chi connectivity index (χ3v) is 1.92. The molecule has 0 unspecified atom stereocenters. The summed E-state index contributed by atoms with van der Waals surface area (Å²) >= 11 is 3.23. The van der Waals surface area contributed by atoms with E-state index in [0.29, 0.717) is 12.3 Å². The van der Waals surface area contributed by atoms with Crippen molar-refractivity contribution in [3.05, 3.63) is 39.4 Å². The molecule has 0 saturated heterocycles. The van der Waals surface area contributed by atoms with Crippen LogP contribution < -0.4 is 5.76 Å². The number of rotatable bonds is 2. The molecule has 0 aliphatic rings. The van der Waals surface area contributed by atoms with Crippen molar-refractivity contribution in [2.75, 3.05) is 0 Å². The van der Waals surface area contributed by atoms with E-state index in [4.69, 9.17) is 4.42 Å². The van der Waals surface area contributed by atoms with E-state index < -0.39 is 5.76 Å². The van der Waals surface area contributed by atoms with E-state index in [1.165, 1.54) is 10.9 Å². The Balaban J connectivity index is 0.000000980. The second-order valence-corrected chi connectivity index (χ2v) is 3.35. The van der Waals surface area contributed by atoms with Gasteiger partial charge in [0.2, 0.25) is 0 Å². The van der Waals surface area contributed by atoms with Crippen molar-refractivity contribution in [2.45, 2.75) is 6.54 Å². The van der Waals surface area contributed by atoms with Gasteiger partial charge in [-0.25, -0.2) is 4.79 Å². The van der Waals surface area contributed by atoms with Crippen molar-refractivity contribution in [3.8, 4) is 0 Å². The van der Waals surface area contributed by atoms with E-state index in [9.17, 15) is 4.79 Å². The van der Waals surface area contributed by atoms with Gasteiger partial charge < -0.3 is 4.42 Å². The lowest BCUT2D eigenvalue weighted by Gasteiger charge is -1.92. The van der Waals surface area contributed by atoms with Gasteiger partial charge in [-0.05, 0) is 22.0 Å². The fraction of sp³-hybridized carbons (Fsp3) is 0.143. The average molecular weight is 373 g/mol. The zero-order valence-corrected chi connectivity index (χ0v) is 10.8. The monoisotopic (exact) mass is 372 g/mol. The molecule has 2 aromatic rings. The van der Waals surface area contributed by atoms with Crippen LogP contribution in [0.5, 0.6) is 0 Å². The maximum atomic E-state index is 10.9. The summed E-state index contributed by atoms with van der Waals surface area (Å²) in [6.45, 7) is 0.327. The van der Waals surface area contributed by atoms with Crippen molar-refractivity contribution in [2.24, 2.45) is 0 Å². The minimum absolute atomic E-state index is 0. The smallest absolute Gasteiger partial charge is 0.441 e. The molecule has 0 bridgehead atoms. The highest BCUT2D eigenvalue weighted by Crippen LogP contribution is 2.14. The van der Waals surface area contributed by atoms with Crippen LogP contribution in [0.3, 0.4) is 0 Å². The Morgan fingerprint density at radius 1 is 1.57 bits per heavy atom. The van der Waals surface area contributed by atoms with Crippen LogP contribution in [-0.2, 0) is 6.54 Å². The molecule has 0 spiro atoms. The van der Waals surface area contributed by atoms with Gasteiger partial charge in [0.15, 0.2) is 0 Å². The Bertz CT molecular complexity index is 461. The molecule has 14 heavy (non-hydrogen) atoms. The number of aromatic nitrogens is 2. The predicted molar refractivity (Wildman–Crippen MR) is 61.7 cm³/mol. The first-order chi connectivity index (χ1) is 6.25. The normalized spacial score (nSPS) is 9.79. The molecule has 0 saturated carbocycles. The van der Waals surface area contributed by atoms with Crippen molar-refractivity contribution in [3.63, 3.8) is 0 Å². The zero-order valence-electron chi connectivity index (χ0n) is 6.84. The zero-order chi connectivity index (χ0) is 9.26. The van der Waals surface area contributed by atoms with Gasteiger partial charge in [-0.1, -0.05) is 5.16 Å². The molecule has 0 aliphatic carbocycles. The Morgan fingerprint density at radius 3 is 2.86 bits per heavy atom. The summed E-state index contributed by atoms with van der Waals surface area (Å²) in [5.41, 5.74) is 0. The molecule has 0 fully saturated rings. The summed E-state index contributed by atoms with van der Waals surface area (Å²) in [7, 11) is 0. The van der Waals surface area contributed by atoms with Crippen molar-refractivity contribution in [1.29, 1.82) is 0 Å². The molecule has 5 nitrogen and oxygen atoms in total. The lowest BCUT2D eigenvalue weighted by molar-refractivity contribution is 0.374. The molecule has 0 aliphatic heterocycles. The first-order valence-electron chi connectivity index (χ1n) is 3.50. The van der Waals surface area contributed by atoms with E-state index in [0.717, 1.165) is 4.47 Å². The molecule has 0 amide bonds. The molecule has 2 aromatic heterocycles. The number of hydrogen-bond donors (Lipinski definition) is 0. The fourth-order valence-electron chi connectivity index (χ4n) is 0.935. The number of nitrogens with zero attached hydrogens (tertiary/aromatic N) is 2. The summed E-state index contributed by atoms with van der Waals surface area (Å²) in [5, 5.41) is 3.35. The molecule has 2 rings (SSSR count). The second-order valence-electron chi connectivity index (χ2n) is 2.44. The maximum absolute atomic E-state index is 10.9. The highest BCUT2D eigenvalue weighted by atomic mass is 127. The highest BCUT2D eigenvalue weighted by molar-refractivity contribution is 14.0. The molecule has 7 heteroatoms. The third kappa shape index (κ3) is 2.47. The van der Waals surface area contributed by atoms with E-state index in [1.54, 1.807) is 12.3 Å². The standard InChI is InChI=1S/C7H5BrN2O3.HI/c8-5-1-6(12-3-5)2-10-4-9-13-7(10)11;/h1,3-4H,2H2;1H. The van der Waals surface area contributed by atoms with Gasteiger partial charge in [0.1, 0.15) is 18.4 Å². The summed E-state index contributed by atoms with van der Waals surface area (Å²) in [6, 6.07) is 1.78. The van der Waals surface area contributed by atoms with Crippen LogP contribution >= 0.6 is 39.9 Å². The lowest BCUT2D eigenvalue weighted by atomic mass is 10.4. The van der Waals surface area contributed by atoms with Crippen LogP contribution in [0.4, 0.5) is 0 Å². The number of halogens is 2. The Labute approximate surface area is 104 Å². The van der Waals surface area contributed by atoms with E-state index in [1.807, 2.05) is 0 Å². The summed E-state index contributed by atoms with van der Waals surface area (Å²) in [6.07, 6.45) is 2.87. The highest BCUT2D eigenvalue weighted by Gasteiger charge is 2.04. The molecule has 2 heterocycles. The molecule has 0 N–H and O–H groups in total.